The minimum absolute atomic E-state index is 0.255. The standard InChI is InChI=1S/C19H31FN4O2/c1-4-21-16-11-17(25-12-14-7-5-9-23(14)2)19(22-18(16)20)26-13-15-8-6-10-24(15)3/h11,14-15,21H,4-10,12-13H2,1-3H3/t14-,15-/m1/s1. The molecule has 1 aromatic heterocycles. The summed E-state index contributed by atoms with van der Waals surface area (Å²) in [6.07, 6.45) is 4.57. The fourth-order valence-electron chi connectivity index (χ4n) is 3.72. The van der Waals surface area contributed by atoms with Crippen molar-refractivity contribution in [2.45, 2.75) is 44.7 Å². The van der Waals surface area contributed by atoms with Crippen LogP contribution in [0.5, 0.6) is 11.6 Å². The Balaban J connectivity index is 1.71. The van der Waals surface area contributed by atoms with Crippen molar-refractivity contribution in [3.8, 4) is 11.6 Å². The molecule has 0 unspecified atom stereocenters. The first-order valence-corrected chi connectivity index (χ1v) is 9.69. The Kier molecular flexibility index (Phi) is 6.53. The second-order valence-corrected chi connectivity index (χ2v) is 7.34. The molecule has 0 radical (unpaired) electrons. The summed E-state index contributed by atoms with van der Waals surface area (Å²) < 4.78 is 26.2. The van der Waals surface area contributed by atoms with Crippen LogP contribution in [0.25, 0.3) is 0 Å². The molecule has 7 heteroatoms. The molecular weight excluding hydrogens is 335 g/mol. The molecule has 6 nitrogen and oxygen atoms in total. The Morgan fingerprint density at radius 1 is 1.12 bits per heavy atom. The van der Waals surface area contributed by atoms with Gasteiger partial charge in [-0.15, -0.1) is 0 Å². The lowest BCUT2D eigenvalue weighted by Gasteiger charge is -2.22. The molecule has 0 spiro atoms. The number of nitrogens with zero attached hydrogens (tertiary/aromatic N) is 3. The molecule has 3 rings (SSSR count). The van der Waals surface area contributed by atoms with Gasteiger partial charge in [-0.2, -0.15) is 9.37 Å². The topological polar surface area (TPSA) is 49.9 Å². The molecule has 146 valence electrons. The lowest BCUT2D eigenvalue weighted by molar-refractivity contribution is 0.168. The molecule has 0 saturated carbocycles. The number of aromatic nitrogens is 1. The molecule has 2 aliphatic heterocycles. The minimum atomic E-state index is -0.549. The number of nitrogens with one attached hydrogen (secondary N) is 1. The number of hydrogen-bond acceptors (Lipinski definition) is 6. The SMILES string of the molecule is CCNc1cc(OC[C@H]2CCCN2C)c(OC[C@H]2CCCN2C)nc1F. The van der Waals surface area contributed by atoms with Crippen molar-refractivity contribution in [2.24, 2.45) is 0 Å². The van der Waals surface area contributed by atoms with E-state index in [1.807, 2.05) is 6.92 Å². The first kappa shape index (κ1) is 19.2. The van der Waals surface area contributed by atoms with Crippen LogP contribution in [0.3, 0.4) is 0 Å². The highest BCUT2D eigenvalue weighted by Gasteiger charge is 2.25. The van der Waals surface area contributed by atoms with E-state index < -0.39 is 5.95 Å². The Morgan fingerprint density at radius 3 is 2.27 bits per heavy atom. The summed E-state index contributed by atoms with van der Waals surface area (Å²) in [4.78, 5) is 8.61. The van der Waals surface area contributed by atoms with Crippen LogP contribution < -0.4 is 14.8 Å². The fourth-order valence-corrected chi connectivity index (χ4v) is 3.72. The van der Waals surface area contributed by atoms with Crippen molar-refractivity contribution < 1.29 is 13.9 Å². The van der Waals surface area contributed by atoms with Crippen LogP contribution >= 0.6 is 0 Å². The van der Waals surface area contributed by atoms with Crippen LogP contribution in [-0.2, 0) is 0 Å². The molecule has 1 N–H and O–H groups in total. The fraction of sp³-hybridized carbons (Fsp3) is 0.737. The molecule has 2 fully saturated rings. The van der Waals surface area contributed by atoms with Crippen LogP contribution in [0.1, 0.15) is 32.6 Å². The van der Waals surface area contributed by atoms with Gasteiger partial charge >= 0.3 is 0 Å². The summed E-state index contributed by atoms with van der Waals surface area (Å²) >= 11 is 0. The first-order valence-electron chi connectivity index (χ1n) is 9.69. The normalized spacial score (nSPS) is 24.2. The van der Waals surface area contributed by atoms with Gasteiger partial charge in [0.1, 0.15) is 13.2 Å². The van der Waals surface area contributed by atoms with Crippen molar-refractivity contribution in [1.82, 2.24) is 14.8 Å². The number of pyridine rings is 1. The van der Waals surface area contributed by atoms with Crippen molar-refractivity contribution in [3.05, 3.63) is 12.0 Å². The van der Waals surface area contributed by atoms with Crippen molar-refractivity contribution in [3.63, 3.8) is 0 Å². The summed E-state index contributed by atoms with van der Waals surface area (Å²) in [5.41, 5.74) is 0.354. The van der Waals surface area contributed by atoms with E-state index in [4.69, 9.17) is 9.47 Å². The molecule has 0 aromatic carbocycles. The maximum atomic E-state index is 14.3. The van der Waals surface area contributed by atoms with E-state index in [2.05, 4.69) is 34.2 Å². The van der Waals surface area contributed by atoms with Gasteiger partial charge in [-0.25, -0.2) is 0 Å². The molecule has 2 atom stereocenters. The second kappa shape index (κ2) is 8.86. The molecule has 1 aromatic rings. The van der Waals surface area contributed by atoms with E-state index >= 15 is 0 Å². The van der Waals surface area contributed by atoms with Gasteiger partial charge in [0.25, 0.3) is 5.88 Å². The van der Waals surface area contributed by atoms with E-state index in [1.165, 1.54) is 12.8 Å². The van der Waals surface area contributed by atoms with E-state index in [0.717, 1.165) is 25.9 Å². The number of rotatable bonds is 8. The maximum absolute atomic E-state index is 14.3. The predicted octanol–water partition coefficient (Wildman–Crippen LogP) is 2.60. The summed E-state index contributed by atoms with van der Waals surface area (Å²) in [5, 5.41) is 2.99. The Morgan fingerprint density at radius 2 is 1.73 bits per heavy atom. The van der Waals surface area contributed by atoms with Crippen molar-refractivity contribution in [1.29, 1.82) is 0 Å². The van der Waals surface area contributed by atoms with Gasteiger partial charge in [0.2, 0.25) is 5.95 Å². The third-order valence-electron chi connectivity index (χ3n) is 5.46. The highest BCUT2D eigenvalue weighted by atomic mass is 19.1. The van der Waals surface area contributed by atoms with Gasteiger partial charge in [-0.3, -0.25) is 0 Å². The van der Waals surface area contributed by atoms with Crippen molar-refractivity contribution >= 4 is 5.69 Å². The number of ether oxygens (including phenoxy) is 2. The number of anilines is 1. The monoisotopic (exact) mass is 366 g/mol. The highest BCUT2D eigenvalue weighted by molar-refractivity contribution is 5.51. The lowest BCUT2D eigenvalue weighted by atomic mass is 10.2. The highest BCUT2D eigenvalue weighted by Crippen LogP contribution is 2.31. The average Bonchev–Trinajstić information content (AvgIpc) is 3.22. The quantitative estimate of drug-likeness (QED) is 0.714. The van der Waals surface area contributed by atoms with Crippen molar-refractivity contribution in [2.75, 3.05) is 52.3 Å². The second-order valence-electron chi connectivity index (χ2n) is 7.34. The van der Waals surface area contributed by atoms with Gasteiger partial charge in [-0.1, -0.05) is 0 Å². The molecule has 0 amide bonds. The van der Waals surface area contributed by atoms with E-state index in [0.29, 0.717) is 43.3 Å². The third kappa shape index (κ3) is 4.57. The zero-order valence-electron chi connectivity index (χ0n) is 16.1. The predicted molar refractivity (Wildman–Crippen MR) is 101 cm³/mol. The molecule has 0 bridgehead atoms. The van der Waals surface area contributed by atoms with Crippen LogP contribution in [0.2, 0.25) is 0 Å². The first-order chi connectivity index (χ1) is 12.6. The van der Waals surface area contributed by atoms with Crippen LogP contribution in [0.4, 0.5) is 10.1 Å². The summed E-state index contributed by atoms with van der Waals surface area (Å²) in [6.45, 7) is 5.78. The zero-order chi connectivity index (χ0) is 18.5. The summed E-state index contributed by atoms with van der Waals surface area (Å²) in [5.74, 6) is 0.223. The number of likely N-dealkylation sites (tertiary alicyclic amines) is 2. The number of hydrogen-bond donors (Lipinski definition) is 1. The van der Waals surface area contributed by atoms with Gasteiger partial charge in [-0.05, 0) is 59.8 Å². The molecule has 2 aliphatic rings. The average molecular weight is 366 g/mol. The lowest BCUT2D eigenvalue weighted by Crippen LogP contribution is -2.31. The third-order valence-corrected chi connectivity index (χ3v) is 5.46. The summed E-state index contributed by atoms with van der Waals surface area (Å²) in [7, 11) is 4.21. The molecule has 3 heterocycles. The van der Waals surface area contributed by atoms with E-state index in [9.17, 15) is 4.39 Å². The molecular formula is C19H31FN4O2. The molecule has 0 aliphatic carbocycles. The van der Waals surface area contributed by atoms with Gasteiger partial charge < -0.3 is 24.6 Å². The summed E-state index contributed by atoms with van der Waals surface area (Å²) in [6, 6.07) is 2.41. The Labute approximate surface area is 155 Å². The van der Waals surface area contributed by atoms with E-state index in [1.54, 1.807) is 6.07 Å². The smallest absolute Gasteiger partial charge is 0.259 e. The van der Waals surface area contributed by atoms with Crippen LogP contribution in [0.15, 0.2) is 6.07 Å². The van der Waals surface area contributed by atoms with Crippen LogP contribution in [0, 0.1) is 5.95 Å². The number of halogens is 1. The zero-order valence-corrected chi connectivity index (χ0v) is 16.1. The molecule has 26 heavy (non-hydrogen) atoms. The Hall–Kier alpha value is -1.60. The van der Waals surface area contributed by atoms with Crippen LogP contribution in [-0.4, -0.2) is 73.8 Å². The largest absolute Gasteiger partial charge is 0.486 e. The maximum Gasteiger partial charge on any atom is 0.259 e. The molecule has 2 saturated heterocycles. The van der Waals surface area contributed by atoms with E-state index in [-0.39, 0.29) is 5.88 Å². The Bertz CT molecular complexity index is 601. The van der Waals surface area contributed by atoms with Gasteiger partial charge in [0.05, 0.1) is 5.69 Å². The number of likely N-dealkylation sites (N-methyl/N-ethyl adjacent to an activating group) is 2. The van der Waals surface area contributed by atoms with Gasteiger partial charge in [0, 0.05) is 24.7 Å². The minimum Gasteiger partial charge on any atom is -0.486 e. The van der Waals surface area contributed by atoms with Gasteiger partial charge in [0.15, 0.2) is 5.75 Å².